The summed E-state index contributed by atoms with van der Waals surface area (Å²) in [5.41, 5.74) is -4.28. The number of aliphatic hydroxyl groups excluding tert-OH is 6. The quantitative estimate of drug-likeness (QED) is 0.165. The van der Waals surface area contributed by atoms with Gasteiger partial charge in [-0.3, -0.25) is 9.59 Å². The summed E-state index contributed by atoms with van der Waals surface area (Å²) in [4.78, 5) is 27.8. The largest absolute Gasteiger partial charge is 0.394 e. The second-order valence-electron chi connectivity index (χ2n) is 17.0. The van der Waals surface area contributed by atoms with E-state index in [9.17, 15) is 50.4 Å². The van der Waals surface area contributed by atoms with Gasteiger partial charge >= 0.3 is 0 Å². The number of fused-ring (bicyclic) bond motifs is 5. The van der Waals surface area contributed by atoms with Crippen molar-refractivity contribution < 1.29 is 59.9 Å². The van der Waals surface area contributed by atoms with Crippen molar-refractivity contribution in [2.24, 2.45) is 39.9 Å². The summed E-state index contributed by atoms with van der Waals surface area (Å²) in [6.07, 6.45) is -7.36. The van der Waals surface area contributed by atoms with E-state index in [0.29, 0.717) is 6.42 Å². The van der Waals surface area contributed by atoms with Crippen LogP contribution in [0.2, 0.25) is 0 Å². The molecule has 5 aliphatic rings. The van der Waals surface area contributed by atoms with E-state index in [2.05, 4.69) is 6.08 Å². The Morgan fingerprint density at radius 2 is 1.64 bits per heavy atom. The number of rotatable bonds is 8. The Labute approximate surface area is 276 Å². The molecule has 0 unspecified atom stereocenters. The van der Waals surface area contributed by atoms with Gasteiger partial charge in [0.25, 0.3) is 0 Å². The number of ether oxygens (including phenoxy) is 2. The van der Waals surface area contributed by atoms with Crippen LogP contribution >= 0.6 is 0 Å². The molecule has 0 amide bonds. The highest BCUT2D eigenvalue weighted by atomic mass is 16.7. The lowest BCUT2D eigenvalue weighted by molar-refractivity contribution is -0.323. The maximum Gasteiger partial charge on any atom is 0.187 e. The Hall–Kier alpha value is -1.32. The van der Waals surface area contributed by atoms with Crippen molar-refractivity contribution in [1.29, 1.82) is 0 Å². The van der Waals surface area contributed by atoms with Gasteiger partial charge in [-0.05, 0) is 69.1 Å². The predicted molar refractivity (Wildman–Crippen MR) is 167 cm³/mol. The van der Waals surface area contributed by atoms with Crippen LogP contribution in [0.1, 0.15) is 87.0 Å². The number of ketones is 2. The number of aliphatic hydroxyl groups is 8. The van der Waals surface area contributed by atoms with Crippen LogP contribution in [0.4, 0.5) is 0 Å². The molecule has 0 bridgehead atoms. The van der Waals surface area contributed by atoms with Crippen LogP contribution < -0.4 is 0 Å². The monoisotopic (exact) mass is 668 g/mol. The number of carbonyl (C=O) groups excluding carboxylic acids is 2. The lowest BCUT2D eigenvalue weighted by Gasteiger charge is -2.63. The molecule has 15 atom stereocenters. The molecule has 268 valence electrons. The fourth-order valence-corrected chi connectivity index (χ4v) is 10.2. The Morgan fingerprint density at radius 3 is 2.23 bits per heavy atom. The first-order valence-corrected chi connectivity index (χ1v) is 17.1. The Kier molecular flexibility index (Phi) is 9.57. The Bertz CT molecular complexity index is 1250. The van der Waals surface area contributed by atoms with Crippen molar-refractivity contribution in [3.63, 3.8) is 0 Å². The molecule has 1 heterocycles. The molecule has 1 saturated heterocycles. The number of allylic oxidation sites excluding steroid dienone is 1. The fourth-order valence-electron chi connectivity index (χ4n) is 10.2. The summed E-state index contributed by atoms with van der Waals surface area (Å²) >= 11 is 0. The standard InChI is InChI=1S/C35H56O12/c1-31(2,44)10-9-23(39)35(7,45)25-18-13-19(37)24-16-12-21(46-30-28(42)27(41)26(40)22(15-36)47-30)29(43)32(3,4)17(16)8-11-33(24,5)34(18,6)14-20(25)38/h8,16,18,20-22,24-30,36,38,40-45H,9-15H2,1-7H3/t16-,18-,20-,21+,22-,24+,25-,26-,27+,28-,29-,30-,33-,34-,35+/m1/s1. The van der Waals surface area contributed by atoms with E-state index in [1.165, 1.54) is 6.92 Å². The van der Waals surface area contributed by atoms with Gasteiger partial charge in [-0.15, -0.1) is 0 Å². The highest BCUT2D eigenvalue weighted by molar-refractivity contribution is 5.88. The summed E-state index contributed by atoms with van der Waals surface area (Å²) in [6, 6.07) is 0. The minimum Gasteiger partial charge on any atom is -0.394 e. The van der Waals surface area contributed by atoms with Crippen LogP contribution in [0, 0.1) is 39.9 Å². The minimum absolute atomic E-state index is 0.0526. The predicted octanol–water partition coefficient (Wildman–Crippen LogP) is 0.378. The minimum atomic E-state index is -1.91. The molecule has 3 saturated carbocycles. The van der Waals surface area contributed by atoms with Gasteiger partial charge < -0.3 is 50.3 Å². The van der Waals surface area contributed by atoms with Crippen LogP contribution in [-0.4, -0.2) is 119 Å². The van der Waals surface area contributed by atoms with Crippen LogP contribution in [0.25, 0.3) is 0 Å². The highest BCUT2D eigenvalue weighted by Gasteiger charge is 2.71. The van der Waals surface area contributed by atoms with E-state index >= 15 is 0 Å². The van der Waals surface area contributed by atoms with Crippen LogP contribution in [0.3, 0.4) is 0 Å². The molecular formula is C35H56O12. The normalized spacial score (nSPS) is 47.7. The van der Waals surface area contributed by atoms with Crippen LogP contribution in [0.15, 0.2) is 11.6 Å². The molecule has 0 aromatic carbocycles. The number of Topliss-reactive ketones (excluding diaryl/α,β-unsaturated/α-hetero) is 2. The van der Waals surface area contributed by atoms with Gasteiger partial charge in [0.15, 0.2) is 12.1 Å². The molecule has 1 aliphatic heterocycles. The van der Waals surface area contributed by atoms with Crippen molar-refractivity contribution in [2.45, 2.75) is 147 Å². The Balaban J connectivity index is 1.45. The maximum absolute atomic E-state index is 14.4. The number of hydrogen-bond acceptors (Lipinski definition) is 12. The first-order chi connectivity index (χ1) is 21.5. The van der Waals surface area contributed by atoms with Crippen LogP contribution in [0.5, 0.6) is 0 Å². The first-order valence-electron chi connectivity index (χ1n) is 17.1. The van der Waals surface area contributed by atoms with Gasteiger partial charge in [-0.2, -0.15) is 0 Å². The second-order valence-corrected chi connectivity index (χ2v) is 17.0. The number of hydrogen-bond donors (Lipinski definition) is 8. The molecule has 8 N–H and O–H groups in total. The highest BCUT2D eigenvalue weighted by Crippen LogP contribution is 2.71. The van der Waals surface area contributed by atoms with Crippen molar-refractivity contribution in [3.05, 3.63) is 11.6 Å². The third kappa shape index (κ3) is 5.78. The molecule has 0 aromatic rings. The van der Waals surface area contributed by atoms with Crippen molar-refractivity contribution in [2.75, 3.05) is 6.61 Å². The van der Waals surface area contributed by atoms with E-state index in [1.807, 2.05) is 27.7 Å². The first kappa shape index (κ1) is 36.9. The molecule has 12 heteroatoms. The summed E-state index contributed by atoms with van der Waals surface area (Å²) in [6.45, 7) is 11.8. The molecule has 5 rings (SSSR count). The van der Waals surface area contributed by atoms with Gasteiger partial charge in [0, 0.05) is 30.1 Å². The molecule has 4 aliphatic carbocycles. The molecule has 0 radical (unpaired) electrons. The van der Waals surface area contributed by atoms with Gasteiger partial charge in [-0.1, -0.05) is 39.3 Å². The molecule has 12 nitrogen and oxygen atoms in total. The van der Waals surface area contributed by atoms with Gasteiger partial charge in [0.2, 0.25) is 0 Å². The topological polar surface area (TPSA) is 214 Å². The van der Waals surface area contributed by atoms with E-state index in [-0.39, 0.29) is 43.8 Å². The molecule has 4 fully saturated rings. The van der Waals surface area contributed by atoms with Crippen LogP contribution in [-0.2, 0) is 19.1 Å². The summed E-state index contributed by atoms with van der Waals surface area (Å²) < 4.78 is 11.7. The second kappa shape index (κ2) is 12.2. The van der Waals surface area contributed by atoms with Crippen molar-refractivity contribution in [1.82, 2.24) is 0 Å². The molecule has 0 spiro atoms. The zero-order valence-corrected chi connectivity index (χ0v) is 28.7. The molecule has 47 heavy (non-hydrogen) atoms. The fraction of sp³-hybridized carbons (Fsp3) is 0.886. The third-order valence-corrected chi connectivity index (χ3v) is 13.3. The summed E-state index contributed by atoms with van der Waals surface area (Å²) in [5.74, 6) is -2.79. The zero-order chi connectivity index (χ0) is 35.2. The Morgan fingerprint density at radius 1 is 1.00 bits per heavy atom. The van der Waals surface area contributed by atoms with E-state index in [4.69, 9.17) is 9.47 Å². The average molecular weight is 669 g/mol. The lowest BCUT2D eigenvalue weighted by Crippen LogP contribution is -2.64. The maximum atomic E-state index is 14.4. The van der Waals surface area contributed by atoms with E-state index in [0.717, 1.165) is 5.57 Å². The smallest absolute Gasteiger partial charge is 0.187 e. The van der Waals surface area contributed by atoms with Crippen molar-refractivity contribution >= 4 is 11.6 Å². The van der Waals surface area contributed by atoms with Crippen molar-refractivity contribution in [3.8, 4) is 0 Å². The zero-order valence-electron chi connectivity index (χ0n) is 28.7. The average Bonchev–Trinajstić information content (AvgIpc) is 3.24. The summed E-state index contributed by atoms with van der Waals surface area (Å²) in [7, 11) is 0. The molecular weight excluding hydrogens is 612 g/mol. The van der Waals surface area contributed by atoms with E-state index < -0.39 is 107 Å². The third-order valence-electron chi connectivity index (χ3n) is 13.3. The lowest BCUT2D eigenvalue weighted by atomic mass is 9.41. The van der Waals surface area contributed by atoms with E-state index in [1.54, 1.807) is 13.8 Å². The molecule has 0 aromatic heterocycles. The number of carbonyl (C=O) groups is 2. The van der Waals surface area contributed by atoms with Gasteiger partial charge in [0.1, 0.15) is 35.8 Å². The summed E-state index contributed by atoms with van der Waals surface area (Å²) in [5, 5.41) is 85.9. The SMILES string of the molecule is CC(C)(O)CCC(=O)[C@](C)(O)[C@H]1[C@H](O)C[C@]2(C)[C@@H]1CC(=O)[C@@H]1[C@@H]3C[C@H](O[C@@H]4O[C@H](CO)[C@@H](O)[C@H](O)[C@H]4O)[C@@H](O)C(C)(C)C3=CC[C@]12C. The van der Waals surface area contributed by atoms with Gasteiger partial charge in [-0.25, -0.2) is 0 Å². The van der Waals surface area contributed by atoms with Gasteiger partial charge in [0.05, 0.1) is 30.5 Å².